The maximum Gasteiger partial charge on any atom is 0.276 e. The van der Waals surface area contributed by atoms with E-state index >= 15 is 0 Å². The second-order valence-electron chi connectivity index (χ2n) is 4.55. The first-order valence-electron chi connectivity index (χ1n) is 6.27. The van der Waals surface area contributed by atoms with Crippen LogP contribution in [0.25, 0.3) is 0 Å². The number of likely N-dealkylation sites (tertiary alicyclic amines) is 1. The highest BCUT2D eigenvalue weighted by Gasteiger charge is 2.15. The third-order valence-electron chi connectivity index (χ3n) is 3.32. The van der Waals surface area contributed by atoms with E-state index in [-0.39, 0.29) is 10.6 Å². The van der Waals surface area contributed by atoms with Gasteiger partial charge >= 0.3 is 0 Å². The number of nitro groups is 1. The van der Waals surface area contributed by atoms with Gasteiger partial charge in [-0.15, -0.1) is 0 Å². The number of benzene rings is 1. The molecule has 0 aliphatic carbocycles. The van der Waals surface area contributed by atoms with Crippen molar-refractivity contribution in [3.63, 3.8) is 0 Å². The summed E-state index contributed by atoms with van der Waals surface area (Å²) in [5, 5.41) is 10.8. The summed E-state index contributed by atoms with van der Waals surface area (Å²) in [5.41, 5.74) is 0.720. The van der Waals surface area contributed by atoms with Crippen LogP contribution in [-0.4, -0.2) is 36.1 Å². The number of hydrogen-bond acceptors (Lipinski definition) is 4. The summed E-state index contributed by atoms with van der Waals surface area (Å²) in [5.74, 6) is 0.614. The van der Waals surface area contributed by atoms with Gasteiger partial charge in [0.2, 0.25) is 0 Å². The summed E-state index contributed by atoms with van der Waals surface area (Å²) >= 11 is 0. The molecule has 0 spiro atoms. The average molecular weight is 250 g/mol. The Morgan fingerprint density at radius 3 is 2.78 bits per heavy atom. The Morgan fingerprint density at radius 1 is 1.39 bits per heavy atom. The summed E-state index contributed by atoms with van der Waals surface area (Å²) < 4.78 is 5.64. The molecule has 0 amide bonds. The topological polar surface area (TPSA) is 55.6 Å². The fourth-order valence-electron chi connectivity index (χ4n) is 2.25. The van der Waals surface area contributed by atoms with Crippen molar-refractivity contribution < 1.29 is 9.66 Å². The summed E-state index contributed by atoms with van der Waals surface area (Å²) in [4.78, 5) is 12.8. The minimum Gasteiger partial charge on any atom is -0.492 e. The number of nitrogens with zero attached hydrogens (tertiary/aromatic N) is 2. The van der Waals surface area contributed by atoms with Crippen molar-refractivity contribution in [2.24, 2.45) is 0 Å². The van der Waals surface area contributed by atoms with Gasteiger partial charge in [-0.25, -0.2) is 0 Å². The Hall–Kier alpha value is -1.62. The van der Waals surface area contributed by atoms with Crippen molar-refractivity contribution in [2.45, 2.75) is 19.8 Å². The second-order valence-corrected chi connectivity index (χ2v) is 4.55. The Balaban J connectivity index is 1.92. The zero-order chi connectivity index (χ0) is 13.0. The molecule has 0 unspecified atom stereocenters. The lowest BCUT2D eigenvalue weighted by molar-refractivity contribution is -0.385. The van der Waals surface area contributed by atoms with Crippen molar-refractivity contribution in [1.82, 2.24) is 4.90 Å². The molecule has 0 aromatic heterocycles. The van der Waals surface area contributed by atoms with Crippen LogP contribution in [-0.2, 0) is 0 Å². The second kappa shape index (κ2) is 5.82. The highest BCUT2D eigenvalue weighted by molar-refractivity contribution is 5.48. The lowest BCUT2D eigenvalue weighted by Crippen LogP contribution is -2.25. The van der Waals surface area contributed by atoms with Gasteiger partial charge in [-0.3, -0.25) is 15.0 Å². The molecule has 0 saturated carbocycles. The van der Waals surface area contributed by atoms with Crippen LogP contribution in [0.15, 0.2) is 18.2 Å². The van der Waals surface area contributed by atoms with Crippen LogP contribution < -0.4 is 4.74 Å². The molecule has 1 fully saturated rings. The van der Waals surface area contributed by atoms with Gasteiger partial charge in [0.15, 0.2) is 0 Å². The van der Waals surface area contributed by atoms with E-state index in [0.717, 1.165) is 19.6 Å². The zero-order valence-corrected chi connectivity index (χ0v) is 10.6. The number of rotatable bonds is 5. The monoisotopic (exact) mass is 250 g/mol. The minimum atomic E-state index is -0.372. The Labute approximate surface area is 107 Å². The van der Waals surface area contributed by atoms with Crippen molar-refractivity contribution in [2.75, 3.05) is 26.2 Å². The van der Waals surface area contributed by atoms with Gasteiger partial charge in [0, 0.05) is 12.6 Å². The molecule has 1 aromatic rings. The summed E-state index contributed by atoms with van der Waals surface area (Å²) in [6.45, 7) is 5.47. The molecule has 2 rings (SSSR count). The normalized spacial score (nSPS) is 15.8. The van der Waals surface area contributed by atoms with E-state index in [1.54, 1.807) is 19.1 Å². The quantitative estimate of drug-likeness (QED) is 0.594. The van der Waals surface area contributed by atoms with Crippen LogP contribution in [0.4, 0.5) is 5.69 Å². The van der Waals surface area contributed by atoms with Crippen LogP contribution in [0.3, 0.4) is 0 Å². The van der Waals surface area contributed by atoms with Crippen molar-refractivity contribution in [1.29, 1.82) is 0 Å². The molecule has 5 nitrogen and oxygen atoms in total. The molecule has 1 aromatic carbocycles. The van der Waals surface area contributed by atoms with Crippen LogP contribution in [0.2, 0.25) is 0 Å². The van der Waals surface area contributed by atoms with Gasteiger partial charge in [-0.1, -0.05) is 6.07 Å². The maximum atomic E-state index is 10.8. The Bertz CT molecular complexity index is 428. The van der Waals surface area contributed by atoms with E-state index in [1.807, 2.05) is 0 Å². The molecule has 0 atom stereocenters. The van der Waals surface area contributed by atoms with Gasteiger partial charge in [0.25, 0.3) is 5.69 Å². The number of nitro benzene ring substituents is 1. The van der Waals surface area contributed by atoms with Gasteiger partial charge in [0.05, 0.1) is 10.5 Å². The Morgan fingerprint density at radius 2 is 2.11 bits per heavy atom. The van der Waals surface area contributed by atoms with E-state index < -0.39 is 0 Å². The van der Waals surface area contributed by atoms with Gasteiger partial charge in [-0.05, 0) is 38.9 Å². The standard InChI is InChI=1S/C13H18N2O3/c1-11-12(15(16)17)5-4-6-13(11)18-10-9-14-7-2-3-8-14/h4-6H,2-3,7-10H2,1H3. The third kappa shape index (κ3) is 2.98. The first-order valence-corrected chi connectivity index (χ1v) is 6.27. The molecule has 5 heteroatoms. The van der Waals surface area contributed by atoms with Gasteiger partial charge < -0.3 is 4.74 Å². The van der Waals surface area contributed by atoms with Gasteiger partial charge in [0.1, 0.15) is 12.4 Å². The van der Waals surface area contributed by atoms with Gasteiger partial charge in [-0.2, -0.15) is 0 Å². The first-order chi connectivity index (χ1) is 8.68. The van der Waals surface area contributed by atoms with E-state index in [2.05, 4.69) is 4.90 Å². The molecule has 1 aliphatic heterocycles. The first kappa shape index (κ1) is 12.8. The van der Waals surface area contributed by atoms with Crippen LogP contribution in [0.1, 0.15) is 18.4 Å². The summed E-state index contributed by atoms with van der Waals surface area (Å²) in [7, 11) is 0. The third-order valence-corrected chi connectivity index (χ3v) is 3.32. The predicted molar refractivity (Wildman–Crippen MR) is 69.0 cm³/mol. The smallest absolute Gasteiger partial charge is 0.276 e. The van der Waals surface area contributed by atoms with E-state index in [1.165, 1.54) is 18.9 Å². The molecule has 1 saturated heterocycles. The lowest BCUT2D eigenvalue weighted by atomic mass is 10.2. The fraction of sp³-hybridized carbons (Fsp3) is 0.538. The number of hydrogen-bond donors (Lipinski definition) is 0. The molecule has 1 heterocycles. The minimum absolute atomic E-state index is 0.119. The van der Waals surface area contributed by atoms with Crippen LogP contribution >= 0.6 is 0 Å². The van der Waals surface area contributed by atoms with E-state index in [0.29, 0.717) is 17.9 Å². The molecule has 0 N–H and O–H groups in total. The summed E-state index contributed by atoms with van der Waals surface area (Å²) in [6, 6.07) is 4.95. The van der Waals surface area contributed by atoms with E-state index in [9.17, 15) is 10.1 Å². The zero-order valence-electron chi connectivity index (χ0n) is 10.6. The maximum absolute atomic E-state index is 10.8. The highest BCUT2D eigenvalue weighted by atomic mass is 16.6. The van der Waals surface area contributed by atoms with Crippen LogP contribution in [0.5, 0.6) is 5.75 Å². The largest absolute Gasteiger partial charge is 0.492 e. The van der Waals surface area contributed by atoms with Crippen LogP contribution in [0, 0.1) is 17.0 Å². The molecule has 1 aliphatic rings. The SMILES string of the molecule is Cc1c(OCCN2CCCC2)cccc1[N+](=O)[O-]. The van der Waals surface area contributed by atoms with Crippen molar-refractivity contribution >= 4 is 5.69 Å². The fourth-order valence-corrected chi connectivity index (χ4v) is 2.25. The van der Waals surface area contributed by atoms with E-state index in [4.69, 9.17) is 4.74 Å². The predicted octanol–water partition coefficient (Wildman–Crippen LogP) is 2.38. The molecule has 18 heavy (non-hydrogen) atoms. The number of ether oxygens (including phenoxy) is 1. The molecular formula is C13H18N2O3. The molecule has 0 bridgehead atoms. The van der Waals surface area contributed by atoms with Crippen molar-refractivity contribution in [3.05, 3.63) is 33.9 Å². The lowest BCUT2D eigenvalue weighted by Gasteiger charge is -2.15. The molecular weight excluding hydrogens is 232 g/mol. The molecule has 98 valence electrons. The summed E-state index contributed by atoms with van der Waals surface area (Å²) in [6.07, 6.45) is 2.52. The highest BCUT2D eigenvalue weighted by Crippen LogP contribution is 2.26. The van der Waals surface area contributed by atoms with Crippen molar-refractivity contribution in [3.8, 4) is 5.75 Å². The Kier molecular flexibility index (Phi) is 4.15. The average Bonchev–Trinajstić information content (AvgIpc) is 2.84. The molecule has 0 radical (unpaired) electrons.